The van der Waals surface area contributed by atoms with Gasteiger partial charge in [0, 0.05) is 0 Å². The van der Waals surface area contributed by atoms with E-state index in [1.165, 1.54) is 0 Å². The van der Waals surface area contributed by atoms with E-state index in [0.29, 0.717) is 0 Å². The van der Waals surface area contributed by atoms with Crippen LogP contribution in [-0.2, 0) is 4.79 Å². The molecule has 0 aliphatic carbocycles. The van der Waals surface area contributed by atoms with Gasteiger partial charge in [-0.3, -0.25) is 0 Å². The molecule has 0 radical (unpaired) electrons. The van der Waals surface area contributed by atoms with Crippen LogP contribution in [0.1, 0.15) is 20.8 Å². The maximum Gasteiger partial charge on any atom is 0.334 e. The largest absolute Gasteiger partial charge is 0.478 e. The monoisotopic (exact) mass is 146 g/mol. The summed E-state index contributed by atoms with van der Waals surface area (Å²) in [6.07, 6.45) is 0.141. The van der Waals surface area contributed by atoms with Crippen LogP contribution < -0.4 is 0 Å². The van der Waals surface area contributed by atoms with Crippen LogP contribution in [0.5, 0.6) is 0 Å². The molecule has 0 aromatic carbocycles. The first-order chi connectivity index (χ1) is 4.39. The lowest BCUT2D eigenvalue weighted by atomic mass is 9.87. The second kappa shape index (κ2) is 2.82. The molecule has 0 amide bonds. The van der Waals surface area contributed by atoms with E-state index in [2.05, 4.69) is 0 Å². The maximum atomic E-state index is 11.9. The fourth-order valence-corrected chi connectivity index (χ4v) is 0.531. The molecule has 0 rings (SSSR count). The van der Waals surface area contributed by atoms with E-state index < -0.39 is 11.4 Å². The Morgan fingerprint density at radius 2 is 1.90 bits per heavy atom. The molecule has 0 spiro atoms. The number of carbonyl (C=O) groups is 1. The quantitative estimate of drug-likeness (QED) is 0.574. The van der Waals surface area contributed by atoms with Gasteiger partial charge in [-0.25, -0.2) is 9.18 Å². The van der Waals surface area contributed by atoms with E-state index in [1.54, 1.807) is 20.8 Å². The second-order valence-corrected chi connectivity index (χ2v) is 3.08. The van der Waals surface area contributed by atoms with Crippen molar-refractivity contribution in [2.75, 3.05) is 0 Å². The van der Waals surface area contributed by atoms with Crippen LogP contribution in [0.15, 0.2) is 11.9 Å². The molecule has 58 valence electrons. The Labute approximate surface area is 59.4 Å². The summed E-state index contributed by atoms with van der Waals surface area (Å²) in [5.41, 5.74) is -0.826. The van der Waals surface area contributed by atoms with Gasteiger partial charge >= 0.3 is 5.97 Å². The van der Waals surface area contributed by atoms with Crippen molar-refractivity contribution in [1.29, 1.82) is 0 Å². The number of hydrogen-bond donors (Lipinski definition) is 1. The summed E-state index contributed by atoms with van der Waals surface area (Å²) in [6.45, 7) is 4.94. The molecule has 3 heteroatoms. The van der Waals surface area contributed by atoms with Gasteiger partial charge in [-0.15, -0.1) is 0 Å². The minimum atomic E-state index is -1.20. The molecule has 10 heavy (non-hydrogen) atoms. The Hall–Kier alpha value is -0.860. The van der Waals surface area contributed by atoms with Crippen LogP contribution in [0.4, 0.5) is 4.39 Å². The number of carboxylic acids is 1. The molecule has 0 saturated heterocycles. The number of rotatable bonds is 1. The molecule has 0 aliphatic rings. The predicted molar refractivity (Wildman–Crippen MR) is 36.3 cm³/mol. The fraction of sp³-hybridized carbons (Fsp3) is 0.571. The van der Waals surface area contributed by atoms with Gasteiger partial charge in [0.25, 0.3) is 0 Å². The molecule has 0 aromatic rings. The van der Waals surface area contributed by atoms with Crippen LogP contribution in [0, 0.1) is 5.41 Å². The number of aliphatic carboxylic acids is 1. The summed E-state index contributed by atoms with van der Waals surface area (Å²) in [7, 11) is 0. The third-order valence-electron chi connectivity index (χ3n) is 1.15. The molecule has 0 heterocycles. The molecule has 1 N–H and O–H groups in total. The van der Waals surface area contributed by atoms with Gasteiger partial charge in [0.1, 0.15) is 0 Å². The van der Waals surface area contributed by atoms with E-state index in [4.69, 9.17) is 5.11 Å². The predicted octanol–water partition coefficient (Wildman–Crippen LogP) is 1.97. The zero-order chi connectivity index (χ0) is 8.36. The minimum Gasteiger partial charge on any atom is -0.478 e. The van der Waals surface area contributed by atoms with Crippen molar-refractivity contribution < 1.29 is 14.3 Å². The Balaban J connectivity index is 4.56. The SMILES string of the molecule is CC(C)(C)/C(=C/F)C(=O)O. The van der Waals surface area contributed by atoms with Gasteiger partial charge in [0.05, 0.1) is 11.9 Å². The van der Waals surface area contributed by atoms with Crippen molar-refractivity contribution in [3.05, 3.63) is 11.9 Å². The molecule has 0 saturated carbocycles. The van der Waals surface area contributed by atoms with Crippen LogP contribution in [-0.4, -0.2) is 11.1 Å². The third kappa shape index (κ3) is 2.17. The summed E-state index contributed by atoms with van der Waals surface area (Å²) < 4.78 is 11.9. The first-order valence-electron chi connectivity index (χ1n) is 2.93. The number of halogens is 1. The fourth-order valence-electron chi connectivity index (χ4n) is 0.531. The van der Waals surface area contributed by atoms with Gasteiger partial charge in [-0.2, -0.15) is 0 Å². The average Bonchev–Trinajstić information content (AvgIpc) is 1.60. The lowest BCUT2D eigenvalue weighted by Crippen LogP contribution is -2.16. The summed E-state index contributed by atoms with van der Waals surface area (Å²) in [4.78, 5) is 10.3. The lowest BCUT2D eigenvalue weighted by molar-refractivity contribution is -0.133. The van der Waals surface area contributed by atoms with Crippen molar-refractivity contribution in [2.24, 2.45) is 5.41 Å². The molecule has 0 aromatic heterocycles. The van der Waals surface area contributed by atoms with Gasteiger partial charge in [0.2, 0.25) is 0 Å². The smallest absolute Gasteiger partial charge is 0.334 e. The standard InChI is InChI=1S/C7H11FO2/c1-7(2,3)5(4-8)6(9)10/h4H,1-3H3,(H,9,10)/b5-4+. The van der Waals surface area contributed by atoms with Gasteiger partial charge in [-0.05, 0) is 5.41 Å². The third-order valence-corrected chi connectivity index (χ3v) is 1.15. The molecule has 0 atom stereocenters. The zero-order valence-electron chi connectivity index (χ0n) is 6.31. The lowest BCUT2D eigenvalue weighted by Gasteiger charge is -2.17. The second-order valence-electron chi connectivity index (χ2n) is 3.08. The summed E-state index contributed by atoms with van der Waals surface area (Å²) in [6, 6.07) is 0. The highest BCUT2D eigenvalue weighted by atomic mass is 19.1. The number of hydrogen-bond acceptors (Lipinski definition) is 1. The molecular weight excluding hydrogens is 135 g/mol. The molecule has 0 aliphatic heterocycles. The van der Waals surface area contributed by atoms with Crippen LogP contribution in [0.3, 0.4) is 0 Å². The summed E-state index contributed by atoms with van der Waals surface area (Å²) in [5.74, 6) is -1.20. The van der Waals surface area contributed by atoms with Gasteiger partial charge in [-0.1, -0.05) is 20.8 Å². The Morgan fingerprint density at radius 3 is 1.90 bits per heavy atom. The van der Waals surface area contributed by atoms with Crippen molar-refractivity contribution in [3.63, 3.8) is 0 Å². The van der Waals surface area contributed by atoms with E-state index in [0.717, 1.165) is 0 Å². The van der Waals surface area contributed by atoms with Gasteiger partial charge < -0.3 is 5.11 Å². The van der Waals surface area contributed by atoms with Gasteiger partial charge in [0.15, 0.2) is 0 Å². The summed E-state index contributed by atoms with van der Waals surface area (Å²) in [5, 5.41) is 8.40. The van der Waals surface area contributed by atoms with Crippen molar-refractivity contribution in [3.8, 4) is 0 Å². The zero-order valence-corrected chi connectivity index (χ0v) is 6.31. The van der Waals surface area contributed by atoms with Crippen LogP contribution in [0.25, 0.3) is 0 Å². The average molecular weight is 146 g/mol. The molecule has 0 fully saturated rings. The summed E-state index contributed by atoms with van der Waals surface area (Å²) >= 11 is 0. The van der Waals surface area contributed by atoms with Crippen LogP contribution in [0.2, 0.25) is 0 Å². The highest BCUT2D eigenvalue weighted by Crippen LogP contribution is 2.24. The first-order valence-corrected chi connectivity index (χ1v) is 2.93. The van der Waals surface area contributed by atoms with Crippen molar-refractivity contribution in [2.45, 2.75) is 20.8 Å². The normalized spacial score (nSPS) is 13.4. The molecule has 0 unspecified atom stereocenters. The van der Waals surface area contributed by atoms with Crippen LogP contribution >= 0.6 is 0 Å². The van der Waals surface area contributed by atoms with E-state index in [9.17, 15) is 9.18 Å². The number of carboxylic acid groups (broad SMARTS) is 1. The van der Waals surface area contributed by atoms with Crippen molar-refractivity contribution in [1.82, 2.24) is 0 Å². The Bertz CT molecular complexity index is 165. The Morgan fingerprint density at radius 1 is 1.50 bits per heavy atom. The maximum absolute atomic E-state index is 11.9. The molecular formula is C7H11FO2. The molecule has 0 bridgehead atoms. The van der Waals surface area contributed by atoms with Crippen molar-refractivity contribution >= 4 is 5.97 Å². The highest BCUT2D eigenvalue weighted by molar-refractivity contribution is 5.87. The Kier molecular flexibility index (Phi) is 2.57. The van der Waals surface area contributed by atoms with E-state index >= 15 is 0 Å². The molecule has 2 nitrogen and oxygen atoms in total. The minimum absolute atomic E-state index is 0.141. The first kappa shape index (κ1) is 9.14. The highest BCUT2D eigenvalue weighted by Gasteiger charge is 2.23. The topological polar surface area (TPSA) is 37.3 Å². The van der Waals surface area contributed by atoms with E-state index in [1.807, 2.05) is 0 Å². The van der Waals surface area contributed by atoms with E-state index in [-0.39, 0.29) is 11.9 Å².